The van der Waals surface area contributed by atoms with Crippen LogP contribution in [0, 0.1) is 12.8 Å². The van der Waals surface area contributed by atoms with Crippen LogP contribution in [0.5, 0.6) is 0 Å². The van der Waals surface area contributed by atoms with E-state index in [1.807, 2.05) is 13.8 Å². The molecule has 1 aliphatic rings. The molecule has 1 amide bonds. The van der Waals surface area contributed by atoms with E-state index in [1.54, 1.807) is 0 Å². The Kier molecular flexibility index (Phi) is 3.89. The van der Waals surface area contributed by atoms with Crippen molar-refractivity contribution in [2.75, 3.05) is 0 Å². The van der Waals surface area contributed by atoms with Gasteiger partial charge >= 0.3 is 5.97 Å². The molecule has 1 aromatic heterocycles. The lowest BCUT2D eigenvalue weighted by Gasteiger charge is -2.36. The molecule has 2 rings (SSSR count). The Morgan fingerprint density at radius 1 is 1.58 bits per heavy atom. The third kappa shape index (κ3) is 2.94. The average Bonchev–Trinajstić information content (AvgIpc) is 2.75. The highest BCUT2D eigenvalue weighted by molar-refractivity contribution is 7.13. The van der Waals surface area contributed by atoms with Crippen molar-refractivity contribution >= 4 is 23.2 Å². The fourth-order valence-corrected chi connectivity index (χ4v) is 3.33. The Balaban J connectivity index is 2.17. The zero-order chi connectivity index (χ0) is 14.0. The van der Waals surface area contributed by atoms with Gasteiger partial charge in [-0.3, -0.25) is 4.79 Å². The molecule has 0 radical (unpaired) electrons. The van der Waals surface area contributed by atoms with Crippen LogP contribution in [0.4, 0.5) is 0 Å². The van der Waals surface area contributed by atoms with Gasteiger partial charge in [0.1, 0.15) is 10.4 Å². The van der Waals surface area contributed by atoms with Gasteiger partial charge in [-0.05, 0) is 25.7 Å². The molecule has 0 aromatic carbocycles. The van der Waals surface area contributed by atoms with Gasteiger partial charge in [-0.25, -0.2) is 9.78 Å². The number of rotatable bonds is 3. The minimum absolute atomic E-state index is 0.313. The summed E-state index contributed by atoms with van der Waals surface area (Å²) in [6.45, 7) is 3.84. The highest BCUT2D eigenvalue weighted by atomic mass is 32.1. The zero-order valence-electron chi connectivity index (χ0n) is 11.1. The molecule has 1 fully saturated rings. The summed E-state index contributed by atoms with van der Waals surface area (Å²) in [7, 11) is 0. The van der Waals surface area contributed by atoms with Crippen molar-refractivity contribution in [2.24, 2.45) is 5.92 Å². The Hall–Kier alpha value is -1.43. The fraction of sp³-hybridized carbons (Fsp3) is 0.615. The first kappa shape index (κ1) is 14.0. The summed E-state index contributed by atoms with van der Waals surface area (Å²) in [4.78, 5) is 28.2. The topological polar surface area (TPSA) is 79.3 Å². The van der Waals surface area contributed by atoms with Crippen LogP contribution >= 0.6 is 11.3 Å². The number of carbonyl (C=O) groups is 2. The second-order valence-electron chi connectivity index (χ2n) is 5.29. The van der Waals surface area contributed by atoms with Crippen LogP contribution in [-0.2, 0) is 4.79 Å². The minimum atomic E-state index is -1.12. The monoisotopic (exact) mass is 282 g/mol. The quantitative estimate of drug-likeness (QED) is 0.891. The zero-order valence-corrected chi connectivity index (χ0v) is 11.9. The second kappa shape index (κ2) is 5.28. The molecule has 0 saturated heterocycles. The van der Waals surface area contributed by atoms with Crippen molar-refractivity contribution in [3.8, 4) is 0 Å². The number of aromatic nitrogens is 1. The van der Waals surface area contributed by atoms with Gasteiger partial charge in [0, 0.05) is 0 Å². The first-order valence-corrected chi connectivity index (χ1v) is 7.23. The van der Waals surface area contributed by atoms with Crippen molar-refractivity contribution in [3.05, 3.63) is 16.1 Å². The summed E-state index contributed by atoms with van der Waals surface area (Å²) in [6.07, 6.45) is 4.33. The number of hydrogen-bond acceptors (Lipinski definition) is 4. The molecule has 1 aromatic rings. The summed E-state index contributed by atoms with van der Waals surface area (Å²) in [5.41, 5.74) is -1.12. The number of aryl methyl sites for hydroxylation is 1. The molecular weight excluding hydrogens is 264 g/mol. The molecule has 5 nitrogen and oxygen atoms in total. The second-order valence-corrected chi connectivity index (χ2v) is 6.52. The number of carbonyl (C=O) groups excluding carboxylic acids is 1. The van der Waals surface area contributed by atoms with Gasteiger partial charge in [0.15, 0.2) is 0 Å². The van der Waals surface area contributed by atoms with Gasteiger partial charge < -0.3 is 10.4 Å². The average molecular weight is 282 g/mol. The Morgan fingerprint density at radius 3 is 2.84 bits per heavy atom. The third-order valence-electron chi connectivity index (χ3n) is 3.60. The van der Waals surface area contributed by atoms with Crippen molar-refractivity contribution in [3.63, 3.8) is 0 Å². The van der Waals surface area contributed by atoms with Crippen LogP contribution in [0.1, 0.15) is 47.3 Å². The molecule has 6 heteroatoms. The van der Waals surface area contributed by atoms with E-state index >= 15 is 0 Å². The highest BCUT2D eigenvalue weighted by Crippen LogP contribution is 2.33. The van der Waals surface area contributed by atoms with Gasteiger partial charge in [0.05, 0.1) is 11.2 Å². The van der Waals surface area contributed by atoms with E-state index in [4.69, 9.17) is 0 Å². The predicted molar refractivity (Wildman–Crippen MR) is 72.3 cm³/mol. The van der Waals surface area contributed by atoms with E-state index in [0.29, 0.717) is 23.6 Å². The van der Waals surface area contributed by atoms with E-state index < -0.39 is 11.5 Å². The SMILES string of the molecule is Cc1ncc(C(=O)NC2(C(=O)O)CCCC(C)C2)s1. The van der Waals surface area contributed by atoms with Gasteiger partial charge in [0.25, 0.3) is 5.91 Å². The van der Waals surface area contributed by atoms with Gasteiger partial charge in [-0.1, -0.05) is 19.8 Å². The molecule has 1 saturated carbocycles. The van der Waals surface area contributed by atoms with Crippen molar-refractivity contribution < 1.29 is 14.7 Å². The summed E-state index contributed by atoms with van der Waals surface area (Å²) in [5, 5.41) is 13.0. The lowest BCUT2D eigenvalue weighted by atomic mass is 9.76. The lowest BCUT2D eigenvalue weighted by Crippen LogP contribution is -2.56. The number of carboxylic acids is 1. The standard InChI is InChI=1S/C13H18N2O3S/c1-8-4-3-5-13(6-8,12(17)18)15-11(16)10-7-14-9(2)19-10/h7-8H,3-6H2,1-2H3,(H,15,16)(H,17,18). The van der Waals surface area contributed by atoms with Crippen molar-refractivity contribution in [2.45, 2.75) is 45.1 Å². The maximum Gasteiger partial charge on any atom is 0.329 e. The van der Waals surface area contributed by atoms with E-state index in [2.05, 4.69) is 10.3 Å². The molecular formula is C13H18N2O3S. The number of carboxylic acid groups (broad SMARTS) is 1. The maximum absolute atomic E-state index is 12.1. The van der Waals surface area contributed by atoms with Crippen LogP contribution in [-0.4, -0.2) is 27.5 Å². The molecule has 1 heterocycles. The molecule has 0 bridgehead atoms. The molecule has 0 spiro atoms. The Morgan fingerprint density at radius 2 is 2.32 bits per heavy atom. The van der Waals surface area contributed by atoms with Gasteiger partial charge in [-0.15, -0.1) is 11.3 Å². The predicted octanol–water partition coefficient (Wildman–Crippen LogP) is 2.21. The van der Waals surface area contributed by atoms with Crippen LogP contribution in [0.2, 0.25) is 0 Å². The molecule has 19 heavy (non-hydrogen) atoms. The van der Waals surface area contributed by atoms with E-state index in [1.165, 1.54) is 17.5 Å². The number of hydrogen-bond donors (Lipinski definition) is 2. The molecule has 2 atom stereocenters. The molecule has 2 unspecified atom stereocenters. The van der Waals surface area contributed by atoms with Crippen LogP contribution in [0.25, 0.3) is 0 Å². The molecule has 0 aliphatic heterocycles. The first-order chi connectivity index (χ1) is 8.93. The molecule has 2 N–H and O–H groups in total. The number of amides is 1. The minimum Gasteiger partial charge on any atom is -0.480 e. The maximum atomic E-state index is 12.1. The van der Waals surface area contributed by atoms with Gasteiger partial charge in [-0.2, -0.15) is 0 Å². The van der Waals surface area contributed by atoms with E-state index in [-0.39, 0.29) is 5.91 Å². The first-order valence-electron chi connectivity index (χ1n) is 6.41. The van der Waals surface area contributed by atoms with E-state index in [9.17, 15) is 14.7 Å². The Labute approximate surface area is 116 Å². The summed E-state index contributed by atoms with van der Waals surface area (Å²) in [6, 6.07) is 0. The van der Waals surface area contributed by atoms with Crippen LogP contribution in [0.3, 0.4) is 0 Å². The third-order valence-corrected chi connectivity index (χ3v) is 4.52. The number of nitrogens with one attached hydrogen (secondary N) is 1. The fourth-order valence-electron chi connectivity index (χ4n) is 2.66. The molecule has 104 valence electrons. The number of nitrogens with zero attached hydrogens (tertiary/aromatic N) is 1. The summed E-state index contributed by atoms with van der Waals surface area (Å²) < 4.78 is 0. The van der Waals surface area contributed by atoms with Crippen LogP contribution in [0.15, 0.2) is 6.20 Å². The van der Waals surface area contributed by atoms with Crippen LogP contribution < -0.4 is 5.32 Å². The van der Waals surface area contributed by atoms with E-state index in [0.717, 1.165) is 17.8 Å². The van der Waals surface area contributed by atoms with Gasteiger partial charge in [0.2, 0.25) is 0 Å². The smallest absolute Gasteiger partial charge is 0.329 e. The summed E-state index contributed by atoms with van der Waals surface area (Å²) in [5.74, 6) is -0.955. The molecule has 1 aliphatic carbocycles. The normalized spacial score (nSPS) is 26.9. The largest absolute Gasteiger partial charge is 0.480 e. The number of aliphatic carboxylic acids is 1. The highest BCUT2D eigenvalue weighted by Gasteiger charge is 2.43. The van der Waals surface area contributed by atoms with Crippen molar-refractivity contribution in [1.82, 2.24) is 10.3 Å². The van der Waals surface area contributed by atoms with Crippen molar-refractivity contribution in [1.29, 1.82) is 0 Å². The Bertz CT molecular complexity index is 500. The summed E-state index contributed by atoms with van der Waals surface area (Å²) >= 11 is 1.28. The number of thiazole rings is 1. The lowest BCUT2D eigenvalue weighted by molar-refractivity contribution is -0.146.